The van der Waals surface area contributed by atoms with Gasteiger partial charge >= 0.3 is 0 Å². The van der Waals surface area contributed by atoms with E-state index in [2.05, 4.69) is 17.2 Å². The van der Waals surface area contributed by atoms with Crippen molar-refractivity contribution >= 4 is 11.3 Å². The number of hydrogen-bond acceptors (Lipinski definition) is 5. The van der Waals surface area contributed by atoms with E-state index in [0.29, 0.717) is 0 Å². The van der Waals surface area contributed by atoms with Crippen LogP contribution in [-0.4, -0.2) is 19.2 Å². The zero-order valence-corrected chi connectivity index (χ0v) is 12.2. The molecule has 1 N–H and O–H groups in total. The number of methoxy groups -OCH3 is 2. The summed E-state index contributed by atoms with van der Waals surface area (Å²) in [7, 11) is 3.35. The summed E-state index contributed by atoms with van der Waals surface area (Å²) in [6, 6.07) is 5.98. The van der Waals surface area contributed by atoms with Crippen molar-refractivity contribution in [3.05, 3.63) is 40.3 Å². The molecule has 5 heteroatoms. The molecule has 1 aromatic carbocycles. The van der Waals surface area contributed by atoms with Crippen molar-refractivity contribution in [2.45, 2.75) is 19.5 Å². The quantitative estimate of drug-likeness (QED) is 0.882. The molecule has 0 aliphatic carbocycles. The molecule has 0 saturated heterocycles. The van der Waals surface area contributed by atoms with Gasteiger partial charge in [-0.3, -0.25) is 0 Å². The zero-order chi connectivity index (χ0) is 13.7. The smallest absolute Gasteiger partial charge is 0.123 e. The predicted octanol–water partition coefficient (Wildman–Crippen LogP) is 3.01. The Morgan fingerprint density at radius 2 is 2.16 bits per heavy atom. The molecule has 0 fully saturated rings. The summed E-state index contributed by atoms with van der Waals surface area (Å²) in [5.41, 5.74) is 1.08. The first-order valence-electron chi connectivity index (χ1n) is 6.08. The summed E-state index contributed by atoms with van der Waals surface area (Å²) in [5, 5.41) is 6.50. The highest BCUT2D eigenvalue weighted by atomic mass is 32.1. The van der Waals surface area contributed by atoms with Gasteiger partial charge in [0.1, 0.15) is 16.5 Å². The number of thiazole rings is 1. The van der Waals surface area contributed by atoms with Crippen molar-refractivity contribution in [3.63, 3.8) is 0 Å². The molecule has 0 aliphatic rings. The number of benzene rings is 1. The average molecular weight is 278 g/mol. The van der Waals surface area contributed by atoms with Crippen LogP contribution in [0, 0.1) is 0 Å². The van der Waals surface area contributed by atoms with E-state index in [-0.39, 0.29) is 6.04 Å². The third-order valence-electron chi connectivity index (χ3n) is 2.95. The molecular formula is C14H18N2O2S. The van der Waals surface area contributed by atoms with Crippen LogP contribution >= 0.6 is 11.3 Å². The number of nitrogens with zero attached hydrogens (tertiary/aromatic N) is 1. The molecule has 1 atom stereocenters. The maximum Gasteiger partial charge on any atom is 0.123 e. The summed E-state index contributed by atoms with van der Waals surface area (Å²) in [5.74, 6) is 1.69. The van der Waals surface area contributed by atoms with Crippen molar-refractivity contribution in [1.82, 2.24) is 10.3 Å². The molecule has 0 spiro atoms. The first kappa shape index (κ1) is 13.8. The van der Waals surface area contributed by atoms with Crippen LogP contribution < -0.4 is 14.8 Å². The van der Waals surface area contributed by atoms with Gasteiger partial charge in [0.05, 0.1) is 14.2 Å². The van der Waals surface area contributed by atoms with Gasteiger partial charge in [0.2, 0.25) is 0 Å². The van der Waals surface area contributed by atoms with Crippen LogP contribution in [0.4, 0.5) is 0 Å². The highest BCUT2D eigenvalue weighted by Crippen LogP contribution is 2.29. The van der Waals surface area contributed by atoms with Gasteiger partial charge in [0.25, 0.3) is 0 Å². The minimum absolute atomic E-state index is 0.161. The van der Waals surface area contributed by atoms with E-state index in [4.69, 9.17) is 9.47 Å². The van der Waals surface area contributed by atoms with Gasteiger partial charge in [-0.2, -0.15) is 0 Å². The normalized spacial score (nSPS) is 12.2. The van der Waals surface area contributed by atoms with Crippen LogP contribution in [0.3, 0.4) is 0 Å². The molecule has 2 rings (SSSR count). The molecule has 0 saturated carbocycles. The third-order valence-corrected chi connectivity index (χ3v) is 3.73. The Bertz CT molecular complexity index is 514. The topological polar surface area (TPSA) is 43.4 Å². The van der Waals surface area contributed by atoms with E-state index in [1.165, 1.54) is 0 Å². The Hall–Kier alpha value is -1.59. The maximum absolute atomic E-state index is 5.39. The van der Waals surface area contributed by atoms with Gasteiger partial charge in [0.15, 0.2) is 0 Å². The minimum Gasteiger partial charge on any atom is -0.497 e. The van der Waals surface area contributed by atoms with Gasteiger partial charge in [-0.05, 0) is 25.1 Å². The zero-order valence-electron chi connectivity index (χ0n) is 11.3. The Labute approximate surface area is 117 Å². The standard InChI is InChI=1S/C14H18N2O2S/c1-10(16-9-14-15-6-7-19-14)12-8-11(17-2)4-5-13(12)18-3/h4-8,10,16H,9H2,1-3H3. The van der Waals surface area contributed by atoms with E-state index in [1.807, 2.05) is 29.8 Å². The van der Waals surface area contributed by atoms with Crippen molar-refractivity contribution in [1.29, 1.82) is 0 Å². The predicted molar refractivity (Wildman–Crippen MR) is 76.9 cm³/mol. The molecule has 4 nitrogen and oxygen atoms in total. The summed E-state index contributed by atoms with van der Waals surface area (Å²) in [6.07, 6.45) is 1.82. The second-order valence-electron chi connectivity index (χ2n) is 4.14. The first-order valence-corrected chi connectivity index (χ1v) is 6.96. The second kappa shape index (κ2) is 6.54. The Morgan fingerprint density at radius 3 is 2.79 bits per heavy atom. The molecule has 0 aliphatic heterocycles. The van der Waals surface area contributed by atoms with Crippen molar-refractivity contribution in [3.8, 4) is 11.5 Å². The van der Waals surface area contributed by atoms with Gasteiger partial charge < -0.3 is 14.8 Å². The van der Waals surface area contributed by atoms with Crippen molar-refractivity contribution < 1.29 is 9.47 Å². The average Bonchev–Trinajstić information content (AvgIpc) is 2.97. The van der Waals surface area contributed by atoms with Crippen LogP contribution in [0.15, 0.2) is 29.8 Å². The molecule has 0 bridgehead atoms. The summed E-state index contributed by atoms with van der Waals surface area (Å²) >= 11 is 1.65. The lowest BCUT2D eigenvalue weighted by atomic mass is 10.1. The lowest BCUT2D eigenvalue weighted by molar-refractivity contribution is 0.391. The lowest BCUT2D eigenvalue weighted by Gasteiger charge is -2.17. The molecule has 1 unspecified atom stereocenters. The largest absolute Gasteiger partial charge is 0.497 e. The second-order valence-corrected chi connectivity index (χ2v) is 5.12. The first-order chi connectivity index (χ1) is 9.24. The summed E-state index contributed by atoms with van der Waals surface area (Å²) < 4.78 is 10.7. The Morgan fingerprint density at radius 1 is 1.32 bits per heavy atom. The maximum atomic E-state index is 5.39. The van der Waals surface area contributed by atoms with E-state index < -0.39 is 0 Å². The highest BCUT2D eigenvalue weighted by Gasteiger charge is 2.12. The van der Waals surface area contributed by atoms with Gasteiger partial charge in [-0.25, -0.2) is 4.98 Å². The van der Waals surface area contributed by atoms with E-state index in [0.717, 1.165) is 28.6 Å². The lowest BCUT2D eigenvalue weighted by Crippen LogP contribution is -2.18. The van der Waals surface area contributed by atoms with Gasteiger partial charge in [-0.15, -0.1) is 11.3 Å². The number of nitrogens with one attached hydrogen (secondary N) is 1. The molecule has 102 valence electrons. The third kappa shape index (κ3) is 3.45. The minimum atomic E-state index is 0.161. The SMILES string of the molecule is COc1ccc(OC)c(C(C)NCc2nccs2)c1. The number of rotatable bonds is 6. The van der Waals surface area contributed by atoms with Crippen molar-refractivity contribution in [2.24, 2.45) is 0 Å². The van der Waals surface area contributed by atoms with Gasteiger partial charge in [-0.1, -0.05) is 0 Å². The number of aromatic nitrogens is 1. The van der Waals surface area contributed by atoms with E-state index in [9.17, 15) is 0 Å². The van der Waals surface area contributed by atoms with Crippen LogP contribution in [-0.2, 0) is 6.54 Å². The van der Waals surface area contributed by atoms with Crippen LogP contribution in [0.25, 0.3) is 0 Å². The summed E-state index contributed by atoms with van der Waals surface area (Å²) in [4.78, 5) is 4.26. The van der Waals surface area contributed by atoms with E-state index in [1.54, 1.807) is 25.6 Å². The fraction of sp³-hybridized carbons (Fsp3) is 0.357. The van der Waals surface area contributed by atoms with E-state index >= 15 is 0 Å². The molecule has 1 heterocycles. The Kier molecular flexibility index (Phi) is 4.76. The molecule has 1 aromatic heterocycles. The molecular weight excluding hydrogens is 260 g/mol. The summed E-state index contributed by atoms with van der Waals surface area (Å²) in [6.45, 7) is 2.85. The fourth-order valence-corrected chi connectivity index (χ4v) is 2.44. The molecule has 2 aromatic rings. The molecule has 0 radical (unpaired) electrons. The fourth-order valence-electron chi connectivity index (χ4n) is 1.87. The number of ether oxygens (including phenoxy) is 2. The monoisotopic (exact) mass is 278 g/mol. The van der Waals surface area contributed by atoms with Crippen LogP contribution in [0.5, 0.6) is 11.5 Å². The van der Waals surface area contributed by atoms with Crippen molar-refractivity contribution in [2.75, 3.05) is 14.2 Å². The highest BCUT2D eigenvalue weighted by molar-refractivity contribution is 7.09. The van der Waals surface area contributed by atoms with Gasteiger partial charge in [0, 0.05) is 29.7 Å². The Balaban J connectivity index is 2.10. The van der Waals surface area contributed by atoms with Crippen LogP contribution in [0.1, 0.15) is 23.5 Å². The van der Waals surface area contributed by atoms with Crippen LogP contribution in [0.2, 0.25) is 0 Å². The number of hydrogen-bond donors (Lipinski definition) is 1. The molecule has 0 amide bonds. The molecule has 19 heavy (non-hydrogen) atoms.